The zero-order valence-corrected chi connectivity index (χ0v) is 16.7. The first-order chi connectivity index (χ1) is 12.0. The van der Waals surface area contributed by atoms with Gasteiger partial charge in [0, 0.05) is 16.2 Å². The Morgan fingerprint density at radius 2 is 1.80 bits per heavy atom. The number of thioether (sulfide) groups is 1. The van der Waals surface area contributed by atoms with Crippen molar-refractivity contribution in [2.45, 2.75) is 27.7 Å². The lowest BCUT2D eigenvalue weighted by Gasteiger charge is -2.09. The largest absolute Gasteiger partial charge is 0.322 e. The van der Waals surface area contributed by atoms with Crippen molar-refractivity contribution in [3.05, 3.63) is 84.5 Å². The van der Waals surface area contributed by atoms with Crippen molar-refractivity contribution in [2.75, 3.05) is 11.6 Å². The molecule has 1 amide bonds. The van der Waals surface area contributed by atoms with Gasteiger partial charge in [-0.15, -0.1) is 11.8 Å². The average molecular weight is 356 g/mol. The van der Waals surface area contributed by atoms with E-state index in [0.29, 0.717) is 5.57 Å². The highest BCUT2D eigenvalue weighted by Gasteiger charge is 2.07. The molecule has 2 nitrogen and oxygen atoms in total. The van der Waals surface area contributed by atoms with Gasteiger partial charge in [-0.1, -0.05) is 62.9 Å². The van der Waals surface area contributed by atoms with E-state index >= 15 is 0 Å². The quantitative estimate of drug-likeness (QED) is 0.440. The highest BCUT2D eigenvalue weighted by molar-refractivity contribution is 8.07. The van der Waals surface area contributed by atoms with Gasteiger partial charge in [0.2, 0.25) is 0 Å². The predicted octanol–water partition coefficient (Wildman–Crippen LogP) is 6.62. The number of amides is 1. The molecule has 0 atom stereocenters. The fourth-order valence-electron chi connectivity index (χ4n) is 1.84. The number of rotatable bonds is 7. The Labute approximate surface area is 157 Å². The summed E-state index contributed by atoms with van der Waals surface area (Å²) >= 11 is 1.64. The summed E-state index contributed by atoms with van der Waals surface area (Å²) in [6, 6.07) is 7.75. The van der Waals surface area contributed by atoms with E-state index in [1.807, 2.05) is 70.4 Å². The minimum Gasteiger partial charge on any atom is -0.322 e. The van der Waals surface area contributed by atoms with Crippen LogP contribution in [-0.4, -0.2) is 12.2 Å². The molecule has 1 aromatic carbocycles. The fourth-order valence-corrected chi connectivity index (χ4v) is 2.43. The van der Waals surface area contributed by atoms with E-state index < -0.39 is 0 Å². The molecule has 0 aromatic heterocycles. The van der Waals surface area contributed by atoms with Gasteiger partial charge in [-0.05, 0) is 50.0 Å². The van der Waals surface area contributed by atoms with Crippen LogP contribution in [-0.2, 0) is 4.79 Å². The van der Waals surface area contributed by atoms with Gasteiger partial charge in [-0.2, -0.15) is 0 Å². The Morgan fingerprint density at radius 3 is 2.32 bits per heavy atom. The summed E-state index contributed by atoms with van der Waals surface area (Å²) in [5.41, 5.74) is 3.45. The van der Waals surface area contributed by atoms with Crippen molar-refractivity contribution >= 4 is 28.3 Å². The maximum Gasteiger partial charge on any atom is 0.255 e. The smallest absolute Gasteiger partial charge is 0.255 e. The zero-order valence-electron chi connectivity index (χ0n) is 15.9. The zero-order chi connectivity index (χ0) is 19.2. The summed E-state index contributed by atoms with van der Waals surface area (Å²) in [4.78, 5) is 13.4. The molecular formula is C22H29NOS. The SMILES string of the molecule is C=C/C=C(\SC)c1cccc(NC(=O)/C(C=C)=C/C=C(C)C)c1.CC. The van der Waals surface area contributed by atoms with Crippen LogP contribution in [0, 0.1) is 0 Å². The van der Waals surface area contributed by atoms with E-state index in [9.17, 15) is 4.79 Å². The molecule has 0 saturated carbocycles. The summed E-state index contributed by atoms with van der Waals surface area (Å²) in [6.45, 7) is 15.4. The molecule has 0 aliphatic rings. The summed E-state index contributed by atoms with van der Waals surface area (Å²) < 4.78 is 0. The van der Waals surface area contributed by atoms with Crippen LogP contribution in [0.1, 0.15) is 33.3 Å². The van der Waals surface area contributed by atoms with Crippen LogP contribution in [0.4, 0.5) is 5.69 Å². The molecular weight excluding hydrogens is 326 g/mol. The standard InChI is InChI=1S/C20H23NOS.C2H6/c1-6-9-19(23-5)17-10-8-11-18(14-17)21-20(22)16(7-2)13-12-15(3)4;1-2/h6-14H,1-2H2,3-5H3,(H,21,22);1-2H3/b16-13+,19-9-;. The molecule has 0 saturated heterocycles. The molecule has 1 rings (SSSR count). The Balaban J connectivity index is 0.00000277. The van der Waals surface area contributed by atoms with Crippen molar-refractivity contribution in [2.24, 2.45) is 0 Å². The molecule has 0 fully saturated rings. The number of anilines is 1. The van der Waals surface area contributed by atoms with Gasteiger partial charge in [0.1, 0.15) is 0 Å². The summed E-state index contributed by atoms with van der Waals surface area (Å²) in [5, 5.41) is 2.91. The van der Waals surface area contributed by atoms with Gasteiger partial charge in [0.05, 0.1) is 0 Å². The Bertz CT molecular complexity index is 677. The number of benzene rings is 1. The van der Waals surface area contributed by atoms with Crippen LogP contribution in [0.25, 0.3) is 4.91 Å². The van der Waals surface area contributed by atoms with E-state index in [4.69, 9.17) is 0 Å². The van der Waals surface area contributed by atoms with Crippen LogP contribution in [0.3, 0.4) is 0 Å². The monoisotopic (exact) mass is 355 g/mol. The summed E-state index contributed by atoms with van der Waals surface area (Å²) in [7, 11) is 0. The molecule has 0 spiro atoms. The number of allylic oxidation sites excluding steroid dienone is 5. The highest BCUT2D eigenvalue weighted by atomic mass is 32.2. The lowest BCUT2D eigenvalue weighted by atomic mass is 10.1. The van der Waals surface area contributed by atoms with E-state index in [1.165, 1.54) is 0 Å². The number of hydrogen-bond acceptors (Lipinski definition) is 2. The molecule has 0 heterocycles. The maximum atomic E-state index is 12.3. The van der Waals surface area contributed by atoms with Crippen LogP contribution in [0.2, 0.25) is 0 Å². The predicted molar refractivity (Wildman–Crippen MR) is 116 cm³/mol. The van der Waals surface area contributed by atoms with E-state index in [1.54, 1.807) is 30.0 Å². The van der Waals surface area contributed by atoms with Gasteiger partial charge in [0.25, 0.3) is 5.91 Å². The average Bonchev–Trinajstić information content (AvgIpc) is 2.61. The molecule has 0 radical (unpaired) electrons. The van der Waals surface area contributed by atoms with E-state index in [-0.39, 0.29) is 5.91 Å². The maximum absolute atomic E-state index is 12.3. The third-order valence-corrected chi connectivity index (χ3v) is 3.78. The van der Waals surface area contributed by atoms with Gasteiger partial charge in [0.15, 0.2) is 0 Å². The number of carbonyl (C=O) groups excluding carboxylic acids is 1. The molecule has 0 bridgehead atoms. The molecule has 0 unspecified atom stereocenters. The Hall–Kier alpha value is -2.26. The lowest BCUT2D eigenvalue weighted by Crippen LogP contribution is -2.13. The van der Waals surface area contributed by atoms with Gasteiger partial charge in [-0.25, -0.2) is 0 Å². The van der Waals surface area contributed by atoms with Gasteiger partial charge in [-0.3, -0.25) is 4.79 Å². The molecule has 3 heteroatoms. The van der Waals surface area contributed by atoms with Gasteiger partial charge < -0.3 is 5.32 Å². The number of carbonyl (C=O) groups is 1. The van der Waals surface area contributed by atoms with Crippen molar-refractivity contribution < 1.29 is 4.79 Å². The molecule has 1 aromatic rings. The second-order valence-electron chi connectivity index (χ2n) is 5.08. The topological polar surface area (TPSA) is 29.1 Å². The Kier molecular flexibility index (Phi) is 11.9. The summed E-state index contributed by atoms with van der Waals surface area (Å²) in [5.74, 6) is -0.173. The summed E-state index contributed by atoms with van der Waals surface area (Å²) in [6.07, 6.45) is 10.9. The van der Waals surface area contributed by atoms with Crippen molar-refractivity contribution in [1.82, 2.24) is 0 Å². The van der Waals surface area contributed by atoms with Crippen LogP contribution in [0.5, 0.6) is 0 Å². The second-order valence-corrected chi connectivity index (χ2v) is 5.92. The first-order valence-corrected chi connectivity index (χ1v) is 9.50. The van der Waals surface area contributed by atoms with Crippen LogP contribution < -0.4 is 5.32 Å². The number of hydrogen-bond donors (Lipinski definition) is 1. The third kappa shape index (κ3) is 8.41. The van der Waals surface area contributed by atoms with E-state index in [0.717, 1.165) is 21.7 Å². The first-order valence-electron chi connectivity index (χ1n) is 8.28. The highest BCUT2D eigenvalue weighted by Crippen LogP contribution is 2.27. The fraction of sp³-hybridized carbons (Fsp3) is 0.227. The number of nitrogens with one attached hydrogen (secondary N) is 1. The molecule has 1 N–H and O–H groups in total. The van der Waals surface area contributed by atoms with Gasteiger partial charge >= 0.3 is 0 Å². The minimum atomic E-state index is -0.173. The Morgan fingerprint density at radius 1 is 1.12 bits per heavy atom. The molecule has 134 valence electrons. The minimum absolute atomic E-state index is 0.173. The molecule has 25 heavy (non-hydrogen) atoms. The third-order valence-electron chi connectivity index (χ3n) is 2.97. The van der Waals surface area contributed by atoms with E-state index in [2.05, 4.69) is 18.5 Å². The molecule has 0 aliphatic carbocycles. The normalized spacial score (nSPS) is 10.9. The first kappa shape index (κ1) is 22.7. The van der Waals surface area contributed by atoms with Crippen molar-refractivity contribution in [1.29, 1.82) is 0 Å². The van der Waals surface area contributed by atoms with Crippen molar-refractivity contribution in [3.8, 4) is 0 Å². The molecule has 0 aliphatic heterocycles. The lowest BCUT2D eigenvalue weighted by molar-refractivity contribution is -0.112. The van der Waals surface area contributed by atoms with Crippen molar-refractivity contribution in [3.63, 3.8) is 0 Å². The van der Waals surface area contributed by atoms with Crippen LogP contribution >= 0.6 is 11.8 Å². The second kappa shape index (κ2) is 13.1. The van der Waals surface area contributed by atoms with Crippen LogP contribution in [0.15, 0.2) is 78.9 Å².